The predicted octanol–water partition coefficient (Wildman–Crippen LogP) is 27.9. The Bertz CT molecular complexity index is 7240. The maximum Gasteiger partial charge on any atom is 0.0775 e. The van der Waals surface area contributed by atoms with Crippen LogP contribution >= 0.6 is 0 Å². The third kappa shape index (κ3) is 22.6. The quantitative estimate of drug-likeness (QED) is 0.0796. The predicted molar refractivity (Wildman–Crippen MR) is 572 cm³/mol. The van der Waals surface area contributed by atoms with Crippen molar-refractivity contribution in [2.24, 2.45) is 0 Å². The van der Waals surface area contributed by atoms with Gasteiger partial charge in [0.1, 0.15) is 0 Å². The van der Waals surface area contributed by atoms with Crippen molar-refractivity contribution in [2.75, 3.05) is 0 Å². The van der Waals surface area contributed by atoms with Crippen LogP contribution in [0.1, 0.15) is 6.92 Å². The molecule has 0 atom stereocenters. The first-order chi connectivity index (χ1) is 64.6. The van der Waals surface area contributed by atoms with Gasteiger partial charge >= 0.3 is 0 Å². The molecule has 9 heterocycles. The van der Waals surface area contributed by atoms with E-state index in [-0.39, 0.29) is 60.3 Å². The number of para-hydroxylation sites is 3. The number of benzene rings is 13. The number of rotatable bonds is 14. The van der Waals surface area contributed by atoms with E-state index in [9.17, 15) is 0 Å². The molecule has 0 amide bonds. The molecule has 0 spiro atoms. The second-order valence-corrected chi connectivity index (χ2v) is 56.2. The summed E-state index contributed by atoms with van der Waals surface area (Å²) in [5.41, 5.74) is 28.6. The molecule has 22 rings (SSSR count). The normalized spacial score (nSPS) is 11.6. The van der Waals surface area contributed by atoms with Gasteiger partial charge in [-0.05, 0) is 144 Å². The first-order valence-electron chi connectivity index (χ1n) is 45.6. The van der Waals surface area contributed by atoms with E-state index in [0.29, 0.717) is 0 Å². The van der Waals surface area contributed by atoms with Gasteiger partial charge in [0.05, 0.1) is 32.3 Å². The number of aromatic nitrogens is 8. The average molecular weight is 2360 g/mol. The molecule has 0 saturated carbocycles. The third-order valence-electron chi connectivity index (χ3n) is 24.3. The summed E-state index contributed by atoms with van der Waals surface area (Å²) in [5, 5.41) is 12.4. The van der Waals surface area contributed by atoms with Crippen molar-refractivity contribution in [3.05, 3.63) is 450 Å². The van der Waals surface area contributed by atoms with Crippen LogP contribution in [-0.4, -0.2) is 71.3 Å². The fourth-order valence-electron chi connectivity index (χ4n) is 17.6. The molecule has 0 fully saturated rings. The molecule has 15 heteroatoms. The largest absolute Gasteiger partial charge is 0.381 e. The van der Waals surface area contributed by atoms with Gasteiger partial charge in [0.25, 0.3) is 0 Å². The van der Waals surface area contributed by atoms with E-state index in [2.05, 4.69) is 407 Å². The van der Waals surface area contributed by atoms with Crippen LogP contribution in [0.4, 0.5) is 0 Å². The molecule has 0 unspecified atom stereocenters. The number of nitrogens with zero attached hydrogens (tertiary/aromatic N) is 8. The van der Waals surface area contributed by atoms with Gasteiger partial charge in [-0.15, -0.1) is 184 Å². The van der Waals surface area contributed by atoms with Gasteiger partial charge in [0.2, 0.25) is 0 Å². The van der Waals surface area contributed by atoms with Crippen LogP contribution in [0.25, 0.3) is 161 Å². The first-order valence-corrected chi connectivity index (χ1v) is 59.1. The topological polar surface area (TPSA) is 87.2 Å². The average Bonchev–Trinajstić information content (AvgIpc) is 1.59. The summed E-state index contributed by atoms with van der Waals surface area (Å²) in [7, 11) is -6.42. The smallest absolute Gasteiger partial charge is 0.0775 e. The summed E-state index contributed by atoms with van der Waals surface area (Å²) in [4.78, 5) is 27.4. The Kier molecular flexibility index (Phi) is 32.6. The molecular formula is C121H106Ir3N8Si4-6. The van der Waals surface area contributed by atoms with Crippen molar-refractivity contribution in [3.63, 3.8) is 0 Å². The molecule has 3 radical (unpaired) electrons. The van der Waals surface area contributed by atoms with Gasteiger partial charge in [-0.1, -0.05) is 334 Å². The molecule has 0 bridgehead atoms. The number of hydrogen-bond donors (Lipinski definition) is 0. The number of pyridine rings is 6. The monoisotopic (exact) mass is 2360 g/mol. The van der Waals surface area contributed by atoms with Crippen LogP contribution in [0.5, 0.6) is 0 Å². The summed E-state index contributed by atoms with van der Waals surface area (Å²) in [6.45, 7) is 29.7. The number of hydrogen-bond acceptors (Lipinski definition) is 6. The van der Waals surface area contributed by atoms with Crippen molar-refractivity contribution in [1.29, 1.82) is 0 Å². The Hall–Kier alpha value is -12.8. The molecule has 0 N–H and O–H groups in total. The molecule has 1 aliphatic rings. The van der Waals surface area contributed by atoms with E-state index in [4.69, 9.17) is 15.0 Å². The SMILES string of the molecule is CCn1c2c[c-]c(-c3cc([Si](C)(C)C)c(-c4ccccc4)cn3)cc2c2ccccc21.C[Si](C)(C)c1cc(-c2[c-]cc3c(c2)-c2ccccc2[Si]3(C)C)ncc1-c1ccccc1.C[Si](C)(C)c1cc(-c2[c-]cc3c(c2)c2ccccc2n3-c2ccccc2)ncc1-c1ccccc1.[Ir].[Ir].[Ir].[c-]1ccccc1-c1ccccn1.[c-]1ccccc1-c1ccccn1.[c-]1ccccc1-c1ccccn1. The van der Waals surface area contributed by atoms with Crippen LogP contribution in [0, 0.1) is 36.4 Å². The standard InChI is InChI=1S/C32H27N2Si.C28H27N2Si.C28H28NSi2.3C11H8N.3Ir/c1-35(2,3)32-21-29(33-22-28(32)23-12-6-4-7-13-23)24-18-19-31-27(20-24)26-16-10-11-17-30(26)34(31)25-14-8-5-9-15-25;1-5-30-26-14-10-9-13-22(26)23-17-21(15-16-27(23)30)25-18-28(31(2,3)4)24(19-29-25)20-11-7-6-8-12-20;1-30(2,3)28-18-25(29-19-24(28)20-11-7-6-8-12-20)21-15-16-27-23(17-21)22-13-9-10-14-26(22)31(27,4)5;3*1-2-6-10(7-3-1)11-8-4-5-9-12-11;;;/h4-17,19-22H,1-3H3;6-14,16-19H,5H2,1-4H3;6-14,16-19H,1-5H3;3*1-6,8-9H;;;/q6*-1;;;. The van der Waals surface area contributed by atoms with Crippen molar-refractivity contribution < 1.29 is 60.3 Å². The first kappa shape index (κ1) is 99.2. The Morgan fingerprint density at radius 2 is 0.610 bits per heavy atom. The fourth-order valence-corrected chi connectivity index (χ4v) is 25.4. The zero-order chi connectivity index (χ0) is 92.1. The minimum absolute atomic E-state index is 0. The minimum atomic E-state index is -1.64. The molecule has 21 aromatic rings. The van der Waals surface area contributed by atoms with Gasteiger partial charge in [-0.2, -0.15) is 0 Å². The van der Waals surface area contributed by atoms with E-state index < -0.39 is 32.3 Å². The second kappa shape index (κ2) is 44.8. The summed E-state index contributed by atoms with van der Waals surface area (Å²) in [6, 6.07) is 150. The van der Waals surface area contributed by atoms with Crippen molar-refractivity contribution in [1.82, 2.24) is 39.0 Å². The Morgan fingerprint density at radius 1 is 0.265 bits per heavy atom. The van der Waals surface area contributed by atoms with E-state index in [1.54, 1.807) is 18.6 Å². The summed E-state index contributed by atoms with van der Waals surface area (Å²) in [5.74, 6) is 0. The molecule has 1 aliphatic heterocycles. The van der Waals surface area contributed by atoms with Crippen molar-refractivity contribution in [3.8, 4) is 118 Å². The van der Waals surface area contributed by atoms with E-state index >= 15 is 0 Å². The van der Waals surface area contributed by atoms with Gasteiger partial charge in [-0.3, -0.25) is 0 Å². The van der Waals surface area contributed by atoms with Crippen LogP contribution < -0.4 is 25.9 Å². The molecule has 679 valence electrons. The minimum Gasteiger partial charge on any atom is -0.381 e. The molecule has 0 saturated heterocycles. The van der Waals surface area contributed by atoms with Crippen molar-refractivity contribution in [2.45, 2.75) is 85.5 Å². The Balaban J connectivity index is 0.000000137. The summed E-state index contributed by atoms with van der Waals surface area (Å²) >= 11 is 0. The zero-order valence-electron chi connectivity index (χ0n) is 78.5. The number of aryl methyl sites for hydroxylation is 1. The molecule has 136 heavy (non-hydrogen) atoms. The van der Waals surface area contributed by atoms with E-state index in [1.165, 1.54) is 109 Å². The molecule has 13 aromatic carbocycles. The molecule has 8 aromatic heterocycles. The number of fused-ring (bicyclic) bond motifs is 9. The summed E-state index contributed by atoms with van der Waals surface area (Å²) < 4.78 is 4.69. The van der Waals surface area contributed by atoms with E-state index in [1.807, 2.05) is 127 Å². The maximum atomic E-state index is 4.94. The Labute approximate surface area is 846 Å². The van der Waals surface area contributed by atoms with Crippen LogP contribution in [0.15, 0.2) is 413 Å². The maximum absolute atomic E-state index is 4.94. The van der Waals surface area contributed by atoms with Gasteiger partial charge in [0.15, 0.2) is 0 Å². The van der Waals surface area contributed by atoms with Crippen molar-refractivity contribution >= 4 is 102 Å². The van der Waals surface area contributed by atoms with E-state index in [0.717, 1.165) is 85.3 Å². The summed E-state index contributed by atoms with van der Waals surface area (Å²) in [6.07, 6.45) is 11.6. The Morgan fingerprint density at radius 3 is 1.01 bits per heavy atom. The van der Waals surface area contributed by atoms with Crippen LogP contribution in [0.2, 0.25) is 72.0 Å². The van der Waals surface area contributed by atoms with Crippen LogP contribution in [0.3, 0.4) is 0 Å². The van der Waals surface area contributed by atoms with Gasteiger partial charge in [-0.25, -0.2) is 0 Å². The molecular weight excluding hydrogens is 2250 g/mol. The molecule has 0 aliphatic carbocycles. The van der Waals surface area contributed by atoms with Gasteiger partial charge in [0, 0.05) is 121 Å². The fraction of sp³-hybridized carbons (Fsp3) is 0.107. The van der Waals surface area contributed by atoms with Gasteiger partial charge < -0.3 is 39.0 Å². The van der Waals surface area contributed by atoms with Crippen LogP contribution in [-0.2, 0) is 66.9 Å². The third-order valence-corrected chi connectivity index (χ3v) is 34.0. The zero-order valence-corrected chi connectivity index (χ0v) is 89.7. The molecule has 8 nitrogen and oxygen atoms in total. The second-order valence-electron chi connectivity index (χ2n) is 36.8.